The second-order valence-electron chi connectivity index (χ2n) is 9.30. The molecule has 7 heteroatoms. The quantitative estimate of drug-likeness (QED) is 0.671. The van der Waals surface area contributed by atoms with Gasteiger partial charge in [0.25, 0.3) is 0 Å². The van der Waals surface area contributed by atoms with Gasteiger partial charge < -0.3 is 25.4 Å². The maximum Gasteiger partial charge on any atom is 0.145 e. The van der Waals surface area contributed by atoms with E-state index < -0.39 is 12.2 Å². The number of nitrogens with zero attached hydrogens (tertiary/aromatic N) is 4. The van der Waals surface area contributed by atoms with Crippen molar-refractivity contribution in [1.29, 1.82) is 0 Å². The summed E-state index contributed by atoms with van der Waals surface area (Å²) in [6, 6.07) is 1.67. The average molecular weight is 398 g/mol. The van der Waals surface area contributed by atoms with Crippen molar-refractivity contribution in [3.8, 4) is 0 Å². The molecule has 0 amide bonds. The van der Waals surface area contributed by atoms with E-state index in [0.29, 0.717) is 17.7 Å². The van der Waals surface area contributed by atoms with E-state index in [1.165, 1.54) is 37.6 Å². The summed E-state index contributed by atoms with van der Waals surface area (Å²) in [6.07, 6.45) is 10.9. The molecule has 156 valence electrons. The van der Waals surface area contributed by atoms with Crippen LogP contribution in [0.2, 0.25) is 0 Å². The van der Waals surface area contributed by atoms with Crippen LogP contribution in [0.5, 0.6) is 0 Å². The Kier molecular flexibility index (Phi) is 4.64. The van der Waals surface area contributed by atoms with Crippen LogP contribution in [0.3, 0.4) is 0 Å². The number of hydrogen-bond acceptors (Lipinski definition) is 6. The molecule has 2 aromatic heterocycles. The number of allylic oxidation sites excluding steroid dienone is 1. The number of aliphatic hydroxyl groups excluding tert-OH is 2. The molecule has 4 N–H and O–H groups in total. The first-order valence-electron chi connectivity index (χ1n) is 10.8. The molecule has 2 saturated carbocycles. The van der Waals surface area contributed by atoms with Gasteiger partial charge in [0, 0.05) is 12.1 Å². The number of nitrogens with two attached hydrogens (primary N) is 1. The Labute approximate surface area is 171 Å². The van der Waals surface area contributed by atoms with Gasteiger partial charge >= 0.3 is 0 Å². The zero-order valence-corrected chi connectivity index (χ0v) is 17.0. The summed E-state index contributed by atoms with van der Waals surface area (Å²) in [5.41, 5.74) is 8.52. The third-order valence-corrected chi connectivity index (χ3v) is 7.74. The van der Waals surface area contributed by atoms with Gasteiger partial charge in [0.05, 0.1) is 17.5 Å². The van der Waals surface area contributed by atoms with Gasteiger partial charge in [-0.25, -0.2) is 9.97 Å². The lowest BCUT2D eigenvalue weighted by molar-refractivity contribution is 0.0135. The van der Waals surface area contributed by atoms with Crippen molar-refractivity contribution in [2.75, 3.05) is 25.9 Å². The second kappa shape index (κ2) is 7.07. The molecular formula is C22H31N5O2. The van der Waals surface area contributed by atoms with E-state index in [2.05, 4.69) is 28.0 Å². The molecule has 1 saturated heterocycles. The van der Waals surface area contributed by atoms with E-state index in [1.54, 1.807) is 0 Å². The summed E-state index contributed by atoms with van der Waals surface area (Å²) < 4.78 is 1.96. The third-order valence-electron chi connectivity index (χ3n) is 7.74. The monoisotopic (exact) mass is 397 g/mol. The number of rotatable bonds is 2. The topological polar surface area (TPSA) is 100 Å². The van der Waals surface area contributed by atoms with Gasteiger partial charge in [0.1, 0.15) is 23.9 Å². The molecule has 3 heterocycles. The van der Waals surface area contributed by atoms with E-state index in [4.69, 9.17) is 5.73 Å². The fourth-order valence-electron chi connectivity index (χ4n) is 5.92. The summed E-state index contributed by atoms with van der Waals surface area (Å²) in [7, 11) is 2.20. The Morgan fingerprint density at radius 3 is 2.76 bits per heavy atom. The van der Waals surface area contributed by atoms with Crippen molar-refractivity contribution in [2.24, 2.45) is 11.3 Å². The van der Waals surface area contributed by atoms with Gasteiger partial charge in [-0.3, -0.25) is 0 Å². The number of likely N-dealkylation sites (tertiary alicyclic amines) is 1. The predicted octanol–water partition coefficient (Wildman–Crippen LogP) is 2.12. The lowest BCUT2D eigenvalue weighted by Crippen LogP contribution is -2.37. The van der Waals surface area contributed by atoms with Gasteiger partial charge in [-0.05, 0) is 70.1 Å². The van der Waals surface area contributed by atoms with Gasteiger partial charge in [-0.15, -0.1) is 0 Å². The number of piperidine rings is 1. The van der Waals surface area contributed by atoms with Gasteiger partial charge in [0.2, 0.25) is 0 Å². The van der Waals surface area contributed by atoms with Crippen molar-refractivity contribution < 1.29 is 10.2 Å². The van der Waals surface area contributed by atoms with Crippen LogP contribution in [0, 0.1) is 11.3 Å². The number of aromatic nitrogens is 3. The molecule has 0 radical (unpaired) electrons. The molecule has 2 aliphatic carbocycles. The first-order chi connectivity index (χ1) is 14.0. The van der Waals surface area contributed by atoms with Crippen LogP contribution in [0.25, 0.3) is 11.0 Å². The summed E-state index contributed by atoms with van der Waals surface area (Å²) in [4.78, 5) is 10.8. The maximum absolute atomic E-state index is 10.9. The van der Waals surface area contributed by atoms with Crippen molar-refractivity contribution in [1.82, 2.24) is 19.4 Å². The molecule has 5 rings (SSSR count). The Bertz CT molecular complexity index is 930. The van der Waals surface area contributed by atoms with Crippen LogP contribution >= 0.6 is 0 Å². The van der Waals surface area contributed by atoms with Gasteiger partial charge in [0.15, 0.2) is 0 Å². The molecule has 3 fully saturated rings. The second-order valence-corrected chi connectivity index (χ2v) is 9.30. The summed E-state index contributed by atoms with van der Waals surface area (Å²) in [5.74, 6) is 0.409. The van der Waals surface area contributed by atoms with Crippen molar-refractivity contribution >= 4 is 16.9 Å². The van der Waals surface area contributed by atoms with Crippen LogP contribution in [-0.2, 0) is 0 Å². The number of hydrogen-bond donors (Lipinski definition) is 3. The minimum absolute atomic E-state index is 0.0312. The zero-order chi connectivity index (χ0) is 20.2. The Hall–Kier alpha value is -1.96. The van der Waals surface area contributed by atoms with Gasteiger partial charge in [-0.1, -0.05) is 11.6 Å². The Morgan fingerprint density at radius 1 is 1.17 bits per heavy atom. The molecule has 0 aromatic carbocycles. The Morgan fingerprint density at radius 2 is 1.97 bits per heavy atom. The van der Waals surface area contributed by atoms with Crippen LogP contribution in [0.4, 0.5) is 5.82 Å². The lowest BCUT2D eigenvalue weighted by Gasteiger charge is -2.39. The maximum atomic E-state index is 10.9. The average Bonchev–Trinajstić information content (AvgIpc) is 3.38. The molecule has 29 heavy (non-hydrogen) atoms. The van der Waals surface area contributed by atoms with Crippen LogP contribution in [0.15, 0.2) is 30.2 Å². The fourth-order valence-corrected chi connectivity index (χ4v) is 5.92. The van der Waals surface area contributed by atoms with Crippen LogP contribution < -0.4 is 5.73 Å². The van der Waals surface area contributed by atoms with Crippen LogP contribution in [-0.4, -0.2) is 62.0 Å². The van der Waals surface area contributed by atoms with E-state index in [-0.39, 0.29) is 12.0 Å². The summed E-state index contributed by atoms with van der Waals surface area (Å²) in [6.45, 7) is 2.29. The molecule has 1 aliphatic heterocycles. The highest BCUT2D eigenvalue weighted by atomic mass is 16.3. The minimum atomic E-state index is -0.821. The lowest BCUT2D eigenvalue weighted by atomic mass is 9.73. The highest BCUT2D eigenvalue weighted by Gasteiger charge is 2.45. The SMILES string of the molecule is CN1CCC2(CCC/C2=C\[C@H]2C[C@@H](n3ccc4c(N)ncnc43)[C@H](O)[C@@H]2O)CC1. The molecule has 0 unspecified atom stereocenters. The highest BCUT2D eigenvalue weighted by Crippen LogP contribution is 2.51. The van der Waals surface area contributed by atoms with Crippen molar-refractivity contribution in [3.63, 3.8) is 0 Å². The summed E-state index contributed by atoms with van der Waals surface area (Å²) in [5, 5.41) is 22.5. The summed E-state index contributed by atoms with van der Waals surface area (Å²) >= 11 is 0. The first-order valence-corrected chi connectivity index (χ1v) is 10.8. The number of anilines is 1. The van der Waals surface area contributed by atoms with Gasteiger partial charge in [-0.2, -0.15) is 0 Å². The Balaban J connectivity index is 1.42. The molecule has 3 aliphatic rings. The van der Waals surface area contributed by atoms with Crippen molar-refractivity contribution in [2.45, 2.75) is 56.8 Å². The van der Waals surface area contributed by atoms with E-state index in [0.717, 1.165) is 30.5 Å². The largest absolute Gasteiger partial charge is 0.390 e. The minimum Gasteiger partial charge on any atom is -0.390 e. The predicted molar refractivity (Wildman–Crippen MR) is 112 cm³/mol. The standard InChI is InChI=1S/C22H31N5O2/c1-26-9-6-22(7-10-26)5-2-3-15(22)11-14-12-17(19(29)18(14)28)27-8-4-16-20(23)24-13-25-21(16)27/h4,8,11,13-14,17-19,28-29H,2-3,5-7,9-10,12H2,1H3,(H2,23,24,25)/b15-11+/t14-,17+,18+,19-/m0/s1. The smallest absolute Gasteiger partial charge is 0.145 e. The number of nitrogen functional groups attached to an aromatic ring is 1. The highest BCUT2D eigenvalue weighted by molar-refractivity contribution is 5.86. The van der Waals surface area contributed by atoms with Crippen molar-refractivity contribution in [3.05, 3.63) is 30.2 Å². The van der Waals surface area contributed by atoms with E-state index in [1.807, 2.05) is 16.8 Å². The first kappa shape index (κ1) is 19.0. The molecular weight excluding hydrogens is 366 g/mol. The van der Waals surface area contributed by atoms with Crippen LogP contribution in [0.1, 0.15) is 44.6 Å². The normalized spacial score (nSPS) is 34.0. The third kappa shape index (κ3) is 3.07. The fraction of sp³-hybridized carbons (Fsp3) is 0.636. The van der Waals surface area contributed by atoms with E-state index in [9.17, 15) is 10.2 Å². The zero-order valence-electron chi connectivity index (χ0n) is 17.0. The number of fused-ring (bicyclic) bond motifs is 1. The molecule has 4 atom stereocenters. The molecule has 2 aromatic rings. The number of aliphatic hydroxyl groups is 2. The molecule has 1 spiro atoms. The molecule has 7 nitrogen and oxygen atoms in total. The molecule has 0 bridgehead atoms. The van der Waals surface area contributed by atoms with E-state index >= 15 is 0 Å².